The summed E-state index contributed by atoms with van der Waals surface area (Å²) in [5.74, 6) is 1.19. The molecule has 0 unspecified atom stereocenters. The quantitative estimate of drug-likeness (QED) is 0.164. The Bertz CT molecular complexity index is 3610. The molecule has 59 heavy (non-hydrogen) atoms. The summed E-state index contributed by atoms with van der Waals surface area (Å²) in [6.07, 6.45) is 0. The molecule has 0 bridgehead atoms. The number of benzene rings is 8. The van der Waals surface area contributed by atoms with Gasteiger partial charge in [0.25, 0.3) is 5.56 Å². The Morgan fingerprint density at radius 1 is 0.322 bits per heavy atom. The highest BCUT2D eigenvalue weighted by Crippen LogP contribution is 2.42. The van der Waals surface area contributed by atoms with Crippen LogP contribution in [0.25, 0.3) is 105 Å². The fourth-order valence-electron chi connectivity index (χ4n) is 8.97. The molecule has 0 aliphatic carbocycles. The van der Waals surface area contributed by atoms with Gasteiger partial charge in [-0.1, -0.05) is 158 Å². The third-order valence-electron chi connectivity index (χ3n) is 11.5. The number of nitrogens with zero attached hydrogens (tertiary/aromatic N) is 6. The Labute approximate surface area is 337 Å². The molecule has 0 atom stereocenters. The molecule has 0 aliphatic heterocycles. The van der Waals surface area contributed by atoms with Crippen molar-refractivity contribution in [2.45, 2.75) is 0 Å². The zero-order valence-corrected chi connectivity index (χ0v) is 31.6. The highest BCUT2D eigenvalue weighted by Gasteiger charge is 2.26. The van der Waals surface area contributed by atoms with Crippen LogP contribution in [0.5, 0.6) is 0 Å². The lowest BCUT2D eigenvalue weighted by molar-refractivity contribution is 0.907. The van der Waals surface area contributed by atoms with Gasteiger partial charge in [0.2, 0.25) is 5.95 Å². The molecule has 0 amide bonds. The second kappa shape index (κ2) is 12.9. The van der Waals surface area contributed by atoms with Crippen molar-refractivity contribution in [3.63, 3.8) is 0 Å². The smallest absolute Gasteiger partial charge is 0.268 e. The lowest BCUT2D eigenvalue weighted by Crippen LogP contribution is -2.23. The van der Waals surface area contributed by atoms with Crippen LogP contribution in [0.4, 0.5) is 0 Å². The van der Waals surface area contributed by atoms with Gasteiger partial charge < -0.3 is 9.13 Å². The van der Waals surface area contributed by atoms with Crippen LogP contribution in [0, 0.1) is 0 Å². The van der Waals surface area contributed by atoms with E-state index >= 15 is 4.79 Å². The van der Waals surface area contributed by atoms with Gasteiger partial charge in [-0.25, -0.2) is 9.55 Å². The van der Waals surface area contributed by atoms with E-state index in [0.717, 1.165) is 76.9 Å². The average molecular weight is 757 g/mol. The molecule has 0 saturated heterocycles. The lowest BCUT2D eigenvalue weighted by atomic mass is 10.0. The standard InChI is InChI=1S/C52H32N6O/c59-51-45-39(29-30-40-37-25-13-15-27-43(37)56(46(40)45)35-21-9-3-10-22-35)42-32-31-41-38-26-14-16-28-44(38)57(36-23-11-4-12-24-36)47(41)48(42)58(51)52-54-49(33-17-5-1-6-18-33)53-50(55-52)34-19-7-2-8-20-34/h1-32H. The Hall–Kier alpha value is -8.16. The molecule has 12 aromatic rings. The molecular formula is C52H32N6O. The van der Waals surface area contributed by atoms with Gasteiger partial charge in [-0.3, -0.25) is 4.79 Å². The molecule has 8 aromatic carbocycles. The number of aromatic nitrogens is 6. The maximum absolute atomic E-state index is 16.3. The second-order valence-corrected chi connectivity index (χ2v) is 14.8. The number of hydrogen-bond acceptors (Lipinski definition) is 4. The highest BCUT2D eigenvalue weighted by molar-refractivity contribution is 6.26. The van der Waals surface area contributed by atoms with Crippen LogP contribution in [-0.4, -0.2) is 28.7 Å². The number of fused-ring (bicyclic) bond motifs is 11. The van der Waals surface area contributed by atoms with E-state index in [4.69, 9.17) is 15.0 Å². The zero-order valence-electron chi connectivity index (χ0n) is 31.6. The topological polar surface area (TPSA) is 70.5 Å². The molecule has 7 nitrogen and oxygen atoms in total. The summed E-state index contributed by atoms with van der Waals surface area (Å²) in [6.45, 7) is 0. The lowest BCUT2D eigenvalue weighted by Gasteiger charge is -2.18. The molecule has 4 aromatic heterocycles. The molecule has 276 valence electrons. The van der Waals surface area contributed by atoms with Gasteiger partial charge in [0.05, 0.1) is 33.0 Å². The number of hydrogen-bond donors (Lipinski definition) is 0. The van der Waals surface area contributed by atoms with E-state index in [2.05, 4.69) is 106 Å². The van der Waals surface area contributed by atoms with Crippen molar-refractivity contribution in [1.29, 1.82) is 0 Å². The maximum Gasteiger partial charge on any atom is 0.268 e. The van der Waals surface area contributed by atoms with Crippen molar-refractivity contribution < 1.29 is 0 Å². The van der Waals surface area contributed by atoms with E-state index < -0.39 is 0 Å². The van der Waals surface area contributed by atoms with Crippen LogP contribution in [0.2, 0.25) is 0 Å². The van der Waals surface area contributed by atoms with E-state index in [0.29, 0.717) is 22.6 Å². The van der Waals surface area contributed by atoms with Gasteiger partial charge in [-0.05, 0) is 41.8 Å². The molecule has 0 saturated carbocycles. The molecule has 0 radical (unpaired) electrons. The molecule has 0 N–H and O–H groups in total. The average Bonchev–Trinajstić information content (AvgIpc) is 3.83. The van der Waals surface area contributed by atoms with Crippen LogP contribution in [0.1, 0.15) is 0 Å². The summed E-state index contributed by atoms with van der Waals surface area (Å²) in [4.78, 5) is 31.7. The van der Waals surface area contributed by atoms with Crippen molar-refractivity contribution in [3.8, 4) is 40.1 Å². The van der Waals surface area contributed by atoms with Crippen molar-refractivity contribution in [2.75, 3.05) is 0 Å². The number of rotatable bonds is 5. The van der Waals surface area contributed by atoms with Crippen molar-refractivity contribution in [1.82, 2.24) is 28.7 Å². The van der Waals surface area contributed by atoms with E-state index in [1.807, 2.05) is 97.1 Å². The summed E-state index contributed by atoms with van der Waals surface area (Å²) >= 11 is 0. The normalized spacial score (nSPS) is 11.8. The minimum atomic E-state index is -0.223. The third kappa shape index (κ3) is 4.95. The first-order valence-corrected chi connectivity index (χ1v) is 19.7. The summed E-state index contributed by atoms with van der Waals surface area (Å²) in [7, 11) is 0. The fraction of sp³-hybridized carbons (Fsp3) is 0. The van der Waals surface area contributed by atoms with Crippen molar-refractivity contribution in [2.24, 2.45) is 0 Å². The first-order valence-electron chi connectivity index (χ1n) is 19.7. The van der Waals surface area contributed by atoms with Gasteiger partial charge >= 0.3 is 0 Å². The van der Waals surface area contributed by atoms with Gasteiger partial charge in [0.15, 0.2) is 11.6 Å². The summed E-state index contributed by atoms with van der Waals surface area (Å²) < 4.78 is 6.25. The summed E-state index contributed by atoms with van der Waals surface area (Å²) in [6, 6.07) is 65.8. The minimum absolute atomic E-state index is 0.223. The molecule has 4 heterocycles. The van der Waals surface area contributed by atoms with E-state index in [9.17, 15) is 0 Å². The predicted molar refractivity (Wildman–Crippen MR) is 240 cm³/mol. The van der Waals surface area contributed by atoms with Crippen molar-refractivity contribution in [3.05, 3.63) is 204 Å². The maximum atomic E-state index is 16.3. The van der Waals surface area contributed by atoms with Gasteiger partial charge in [-0.15, -0.1) is 0 Å². The van der Waals surface area contributed by atoms with Gasteiger partial charge in [0, 0.05) is 49.4 Å². The molecule has 0 aliphatic rings. The molecule has 12 rings (SSSR count). The third-order valence-corrected chi connectivity index (χ3v) is 11.5. The highest BCUT2D eigenvalue weighted by atomic mass is 16.1. The van der Waals surface area contributed by atoms with Crippen molar-refractivity contribution >= 4 is 65.3 Å². The SMILES string of the molecule is O=c1c2c(ccc3c4ccccc4n(-c4ccccc4)c32)c2ccc3c4ccccc4n(-c4ccccc4)c3c2n1-c1nc(-c2ccccc2)nc(-c2ccccc2)n1. The van der Waals surface area contributed by atoms with Crippen LogP contribution in [0.3, 0.4) is 0 Å². The molecular weight excluding hydrogens is 725 g/mol. The monoisotopic (exact) mass is 756 g/mol. The van der Waals surface area contributed by atoms with Crippen LogP contribution >= 0.6 is 0 Å². The first-order chi connectivity index (χ1) is 29.2. The van der Waals surface area contributed by atoms with E-state index in [1.165, 1.54) is 0 Å². The fourth-order valence-corrected chi connectivity index (χ4v) is 8.97. The molecule has 0 fully saturated rings. The Kier molecular flexibility index (Phi) is 7.24. The Morgan fingerprint density at radius 3 is 1.24 bits per heavy atom. The first kappa shape index (κ1) is 33.0. The summed E-state index contributed by atoms with van der Waals surface area (Å²) in [5.41, 5.74) is 7.86. The van der Waals surface area contributed by atoms with E-state index in [-0.39, 0.29) is 11.5 Å². The number of pyridine rings is 1. The van der Waals surface area contributed by atoms with Gasteiger partial charge in [0.1, 0.15) is 0 Å². The predicted octanol–water partition coefficient (Wildman–Crippen LogP) is 11.9. The summed E-state index contributed by atoms with van der Waals surface area (Å²) in [5, 5.41) is 6.49. The number of para-hydroxylation sites is 4. The van der Waals surface area contributed by atoms with Gasteiger partial charge in [-0.2, -0.15) is 9.97 Å². The van der Waals surface area contributed by atoms with Crippen LogP contribution in [-0.2, 0) is 0 Å². The second-order valence-electron chi connectivity index (χ2n) is 14.8. The minimum Gasteiger partial charge on any atom is -0.308 e. The van der Waals surface area contributed by atoms with Crippen LogP contribution < -0.4 is 5.56 Å². The van der Waals surface area contributed by atoms with Crippen LogP contribution in [0.15, 0.2) is 199 Å². The zero-order chi connectivity index (χ0) is 39.0. The molecule has 0 spiro atoms. The molecule has 7 heteroatoms. The Balaban J connectivity index is 1.35. The Morgan fingerprint density at radius 2 is 0.712 bits per heavy atom. The largest absolute Gasteiger partial charge is 0.308 e. The van der Waals surface area contributed by atoms with E-state index in [1.54, 1.807) is 4.57 Å².